The zero-order chi connectivity index (χ0) is 17.4. The summed E-state index contributed by atoms with van der Waals surface area (Å²) in [5, 5.41) is 3.48. The predicted molar refractivity (Wildman–Crippen MR) is 105 cm³/mol. The molecule has 0 fully saturated rings. The summed E-state index contributed by atoms with van der Waals surface area (Å²) in [7, 11) is 0. The Kier molecular flexibility index (Phi) is 6.84. The lowest BCUT2D eigenvalue weighted by Gasteiger charge is -2.25. The van der Waals surface area contributed by atoms with E-state index in [1.54, 1.807) is 4.90 Å². The molecule has 0 bridgehead atoms. The second-order valence-corrected chi connectivity index (χ2v) is 6.30. The molecule has 122 valence electrons. The van der Waals surface area contributed by atoms with Gasteiger partial charge in [0.15, 0.2) is 0 Å². The molecular weight excluding hydrogens is 415 g/mol. The van der Waals surface area contributed by atoms with Crippen LogP contribution in [0.25, 0.3) is 10.4 Å². The van der Waals surface area contributed by atoms with Gasteiger partial charge < -0.3 is 4.90 Å². The number of carbonyl (C=O) groups is 1. The van der Waals surface area contributed by atoms with Crippen molar-refractivity contribution in [2.45, 2.75) is 13.0 Å². The molecule has 2 rings (SSSR count). The fraction of sp³-hybridized carbons (Fsp3) is 0.167. The Morgan fingerprint density at radius 3 is 2.50 bits per heavy atom. The van der Waals surface area contributed by atoms with E-state index in [0.717, 1.165) is 14.8 Å². The van der Waals surface area contributed by atoms with Crippen molar-refractivity contribution in [3.05, 3.63) is 86.3 Å². The minimum absolute atomic E-state index is 0.156. The average molecular weight is 432 g/mol. The normalized spacial score (nSPS) is 9.88. The molecule has 6 heteroatoms. The number of benzene rings is 2. The molecule has 0 radical (unpaired) electrons. The summed E-state index contributed by atoms with van der Waals surface area (Å²) in [6.45, 7) is 4.55. The number of nitrogens with zero attached hydrogens (tertiary/aromatic N) is 4. The summed E-state index contributed by atoms with van der Waals surface area (Å²) >= 11 is 2.22. The Morgan fingerprint density at radius 1 is 1.17 bits per heavy atom. The van der Waals surface area contributed by atoms with E-state index in [4.69, 9.17) is 5.53 Å². The molecule has 0 spiro atoms. The fourth-order valence-corrected chi connectivity index (χ4v) is 2.91. The summed E-state index contributed by atoms with van der Waals surface area (Å²) < 4.78 is 0.988. The number of anilines is 1. The van der Waals surface area contributed by atoms with Gasteiger partial charge in [-0.05, 0) is 52.2 Å². The van der Waals surface area contributed by atoms with Gasteiger partial charge in [-0.3, -0.25) is 4.79 Å². The van der Waals surface area contributed by atoms with E-state index in [1.807, 2.05) is 54.6 Å². The highest BCUT2D eigenvalue weighted by atomic mass is 127. The number of azide groups is 1. The van der Waals surface area contributed by atoms with Crippen LogP contribution in [-0.4, -0.2) is 12.5 Å². The molecule has 1 amide bonds. The number of hydrogen-bond acceptors (Lipinski definition) is 2. The predicted octanol–water partition coefficient (Wildman–Crippen LogP) is 5.08. The number of halogens is 1. The second-order valence-electron chi connectivity index (χ2n) is 5.14. The van der Waals surface area contributed by atoms with Crippen LogP contribution in [0, 0.1) is 3.57 Å². The van der Waals surface area contributed by atoms with Crippen LogP contribution in [0.2, 0.25) is 0 Å². The van der Waals surface area contributed by atoms with Crippen LogP contribution in [0.1, 0.15) is 12.0 Å². The molecule has 0 aliphatic carbocycles. The van der Waals surface area contributed by atoms with Crippen molar-refractivity contribution in [2.75, 3.05) is 11.4 Å². The van der Waals surface area contributed by atoms with Crippen molar-refractivity contribution in [1.82, 2.24) is 0 Å². The van der Waals surface area contributed by atoms with Crippen LogP contribution in [0.3, 0.4) is 0 Å². The lowest BCUT2D eigenvalue weighted by atomic mass is 10.1. The van der Waals surface area contributed by atoms with Crippen molar-refractivity contribution in [1.29, 1.82) is 0 Å². The smallest absolute Gasteiger partial charge is 0.253 e. The third kappa shape index (κ3) is 4.84. The third-order valence-electron chi connectivity index (χ3n) is 3.45. The van der Waals surface area contributed by atoms with Gasteiger partial charge in [-0.25, -0.2) is 0 Å². The molecule has 0 N–H and O–H groups in total. The van der Waals surface area contributed by atoms with Gasteiger partial charge in [-0.2, -0.15) is 0 Å². The Hall–Kier alpha value is -2.31. The summed E-state index contributed by atoms with van der Waals surface area (Å²) in [5.41, 5.74) is 10.7. The van der Waals surface area contributed by atoms with Gasteiger partial charge in [0.2, 0.25) is 0 Å². The standard InChI is InChI=1S/C18H17IN4O/c1-14(11-12-21-22-20)18(24)23(13-15-7-3-2-4-8-15)17-10-6-5-9-16(17)19/h2-10H,1,11-13H2. The average Bonchev–Trinajstić information content (AvgIpc) is 2.61. The molecule has 0 aliphatic rings. The maximum Gasteiger partial charge on any atom is 0.253 e. The zero-order valence-electron chi connectivity index (χ0n) is 13.1. The molecule has 0 heterocycles. The summed E-state index contributed by atoms with van der Waals surface area (Å²) in [6.07, 6.45) is 0.345. The molecule has 0 atom stereocenters. The van der Waals surface area contributed by atoms with Crippen LogP contribution in [0.4, 0.5) is 5.69 Å². The van der Waals surface area contributed by atoms with Gasteiger partial charge in [0.1, 0.15) is 0 Å². The molecule has 0 saturated carbocycles. The first kappa shape index (κ1) is 18.0. The molecule has 5 nitrogen and oxygen atoms in total. The van der Waals surface area contributed by atoms with Crippen LogP contribution < -0.4 is 4.90 Å². The van der Waals surface area contributed by atoms with E-state index < -0.39 is 0 Å². The lowest BCUT2D eigenvalue weighted by molar-refractivity contribution is -0.115. The van der Waals surface area contributed by atoms with Crippen LogP contribution >= 0.6 is 22.6 Å². The minimum Gasteiger partial charge on any atom is -0.303 e. The molecule has 0 saturated heterocycles. The van der Waals surface area contributed by atoms with E-state index in [2.05, 4.69) is 39.2 Å². The molecule has 2 aromatic rings. The van der Waals surface area contributed by atoms with Gasteiger partial charge in [0.05, 0.1) is 12.2 Å². The third-order valence-corrected chi connectivity index (χ3v) is 4.36. The first-order valence-corrected chi connectivity index (χ1v) is 8.50. The van der Waals surface area contributed by atoms with E-state index >= 15 is 0 Å². The van der Waals surface area contributed by atoms with Gasteiger partial charge >= 0.3 is 0 Å². The summed E-state index contributed by atoms with van der Waals surface area (Å²) in [5.74, 6) is -0.156. The molecule has 0 aromatic heterocycles. The summed E-state index contributed by atoms with van der Waals surface area (Å²) in [4.78, 5) is 17.3. The van der Waals surface area contributed by atoms with E-state index in [9.17, 15) is 4.79 Å². The molecule has 24 heavy (non-hydrogen) atoms. The van der Waals surface area contributed by atoms with Crippen LogP contribution in [0.5, 0.6) is 0 Å². The van der Waals surface area contributed by atoms with Crippen molar-refractivity contribution in [2.24, 2.45) is 5.11 Å². The van der Waals surface area contributed by atoms with Gasteiger partial charge in [0.25, 0.3) is 5.91 Å². The molecule has 2 aromatic carbocycles. The Morgan fingerprint density at radius 2 is 1.83 bits per heavy atom. The Balaban J connectivity index is 2.28. The van der Waals surface area contributed by atoms with E-state index in [0.29, 0.717) is 18.5 Å². The number of para-hydroxylation sites is 1. The Bertz CT molecular complexity index is 770. The lowest BCUT2D eigenvalue weighted by Crippen LogP contribution is -2.32. The quantitative estimate of drug-likeness (QED) is 0.198. The highest BCUT2D eigenvalue weighted by Crippen LogP contribution is 2.25. The van der Waals surface area contributed by atoms with E-state index in [-0.39, 0.29) is 12.5 Å². The number of carbonyl (C=O) groups excluding carboxylic acids is 1. The van der Waals surface area contributed by atoms with Crippen LogP contribution in [-0.2, 0) is 11.3 Å². The summed E-state index contributed by atoms with van der Waals surface area (Å²) in [6, 6.07) is 17.5. The first-order chi connectivity index (χ1) is 11.6. The highest BCUT2D eigenvalue weighted by Gasteiger charge is 2.20. The van der Waals surface area contributed by atoms with Crippen molar-refractivity contribution in [3.8, 4) is 0 Å². The minimum atomic E-state index is -0.156. The maximum absolute atomic E-state index is 12.9. The fourth-order valence-electron chi connectivity index (χ4n) is 2.23. The SMILES string of the molecule is C=C(CCN=[N+]=[N-])C(=O)N(Cc1ccccc1)c1ccccc1I. The van der Waals surface area contributed by atoms with Crippen molar-refractivity contribution >= 4 is 34.2 Å². The zero-order valence-corrected chi connectivity index (χ0v) is 15.3. The monoisotopic (exact) mass is 432 g/mol. The topological polar surface area (TPSA) is 69.1 Å². The molecule has 0 aliphatic heterocycles. The van der Waals surface area contributed by atoms with Gasteiger partial charge in [-0.1, -0.05) is 54.2 Å². The van der Waals surface area contributed by atoms with Gasteiger partial charge in [-0.15, -0.1) is 0 Å². The number of amides is 1. The molecule has 0 unspecified atom stereocenters. The molecular formula is C18H17IN4O. The Labute approximate surface area is 154 Å². The van der Waals surface area contributed by atoms with Crippen molar-refractivity contribution < 1.29 is 4.79 Å². The van der Waals surface area contributed by atoms with Crippen LogP contribution in [0.15, 0.2) is 71.9 Å². The number of hydrogen-bond donors (Lipinski definition) is 0. The van der Waals surface area contributed by atoms with Crippen molar-refractivity contribution in [3.63, 3.8) is 0 Å². The largest absolute Gasteiger partial charge is 0.303 e. The first-order valence-electron chi connectivity index (χ1n) is 7.42. The highest BCUT2D eigenvalue weighted by molar-refractivity contribution is 14.1. The second kappa shape index (κ2) is 9.10. The van der Waals surface area contributed by atoms with E-state index in [1.165, 1.54) is 0 Å². The maximum atomic E-state index is 12.9. The van der Waals surface area contributed by atoms with Gasteiger partial charge in [0, 0.05) is 20.6 Å². The number of rotatable bonds is 7.